The first-order valence-corrected chi connectivity index (χ1v) is 6.37. The fraction of sp³-hybridized carbons (Fsp3) is 0.400. The summed E-state index contributed by atoms with van der Waals surface area (Å²) in [4.78, 5) is 4.66. The number of hydrogen-bond acceptors (Lipinski definition) is 2. The largest absolute Gasteiger partial charge is 0.367 e. The fourth-order valence-electron chi connectivity index (χ4n) is 2.13. The number of aromatic nitrogens is 1. The molecule has 2 aromatic rings. The van der Waals surface area contributed by atoms with Gasteiger partial charge in [0, 0.05) is 11.4 Å². The number of benzene rings is 1. The Bertz CT molecular complexity index is 501. The van der Waals surface area contributed by atoms with Gasteiger partial charge in [-0.25, -0.2) is 4.98 Å². The van der Waals surface area contributed by atoms with Gasteiger partial charge in [-0.1, -0.05) is 32.0 Å². The Hall–Kier alpha value is -1.57. The Balaban J connectivity index is 2.36. The van der Waals surface area contributed by atoms with Crippen LogP contribution in [0, 0.1) is 6.92 Å². The lowest BCUT2D eigenvalue weighted by atomic mass is 10.1. The molecular formula is C15H20N2. The molecule has 0 saturated carbocycles. The van der Waals surface area contributed by atoms with Crippen LogP contribution in [-0.2, 0) is 0 Å². The third kappa shape index (κ3) is 2.57. The zero-order valence-electron chi connectivity index (χ0n) is 10.8. The van der Waals surface area contributed by atoms with E-state index in [1.165, 1.54) is 10.9 Å². The molecule has 0 radical (unpaired) electrons. The second kappa shape index (κ2) is 5.17. The van der Waals surface area contributed by atoms with E-state index in [4.69, 9.17) is 0 Å². The first kappa shape index (κ1) is 11.9. The van der Waals surface area contributed by atoms with Crippen molar-refractivity contribution in [2.24, 2.45) is 0 Å². The minimum absolute atomic E-state index is 0.517. The van der Waals surface area contributed by atoms with Crippen LogP contribution >= 0.6 is 0 Å². The SMILES string of the molecule is CCC(CC)Nc1cc(C)c2ccccc2n1. The Morgan fingerprint density at radius 1 is 1.18 bits per heavy atom. The summed E-state index contributed by atoms with van der Waals surface area (Å²) in [6.07, 6.45) is 2.26. The Morgan fingerprint density at radius 2 is 1.88 bits per heavy atom. The van der Waals surface area contributed by atoms with E-state index in [2.05, 4.69) is 55.3 Å². The van der Waals surface area contributed by atoms with E-state index in [0.29, 0.717) is 6.04 Å². The summed E-state index contributed by atoms with van der Waals surface area (Å²) in [6.45, 7) is 6.55. The summed E-state index contributed by atoms with van der Waals surface area (Å²) in [5, 5.41) is 4.74. The van der Waals surface area contributed by atoms with Crippen LogP contribution in [0.3, 0.4) is 0 Å². The lowest BCUT2D eigenvalue weighted by molar-refractivity contribution is 0.669. The Morgan fingerprint density at radius 3 is 2.59 bits per heavy atom. The zero-order valence-corrected chi connectivity index (χ0v) is 10.8. The molecule has 1 N–H and O–H groups in total. The fourth-order valence-corrected chi connectivity index (χ4v) is 2.13. The third-order valence-electron chi connectivity index (χ3n) is 3.26. The second-order valence-electron chi connectivity index (χ2n) is 4.50. The van der Waals surface area contributed by atoms with Gasteiger partial charge in [0.05, 0.1) is 5.52 Å². The molecule has 1 aromatic heterocycles. The number of pyridine rings is 1. The number of fused-ring (bicyclic) bond motifs is 1. The van der Waals surface area contributed by atoms with Gasteiger partial charge >= 0.3 is 0 Å². The summed E-state index contributed by atoms with van der Waals surface area (Å²) in [6, 6.07) is 10.9. The first-order valence-electron chi connectivity index (χ1n) is 6.37. The number of nitrogens with zero attached hydrogens (tertiary/aromatic N) is 1. The maximum Gasteiger partial charge on any atom is 0.127 e. The standard InChI is InChI=1S/C15H20N2/c1-4-12(5-2)16-15-10-11(3)13-8-6-7-9-14(13)17-15/h6-10,12H,4-5H2,1-3H3,(H,16,17). The van der Waals surface area contributed by atoms with E-state index < -0.39 is 0 Å². The monoisotopic (exact) mass is 228 g/mol. The minimum atomic E-state index is 0.517. The van der Waals surface area contributed by atoms with Gasteiger partial charge in [-0.05, 0) is 37.5 Å². The highest BCUT2D eigenvalue weighted by Gasteiger charge is 2.06. The van der Waals surface area contributed by atoms with Crippen LogP contribution in [0.2, 0.25) is 0 Å². The molecule has 0 unspecified atom stereocenters. The summed E-state index contributed by atoms with van der Waals surface area (Å²) in [5.41, 5.74) is 2.35. The van der Waals surface area contributed by atoms with Crippen molar-refractivity contribution in [3.05, 3.63) is 35.9 Å². The maximum atomic E-state index is 4.66. The van der Waals surface area contributed by atoms with Gasteiger partial charge in [0.1, 0.15) is 5.82 Å². The van der Waals surface area contributed by atoms with Crippen molar-refractivity contribution >= 4 is 16.7 Å². The highest BCUT2D eigenvalue weighted by molar-refractivity contribution is 5.83. The number of aryl methyl sites for hydroxylation is 1. The summed E-state index contributed by atoms with van der Waals surface area (Å²) < 4.78 is 0. The molecule has 0 amide bonds. The van der Waals surface area contributed by atoms with Crippen LogP contribution in [0.15, 0.2) is 30.3 Å². The van der Waals surface area contributed by atoms with Gasteiger partial charge in [0.25, 0.3) is 0 Å². The summed E-state index contributed by atoms with van der Waals surface area (Å²) in [7, 11) is 0. The van der Waals surface area contributed by atoms with Crippen LogP contribution in [0.25, 0.3) is 10.9 Å². The molecule has 1 aromatic carbocycles. The molecule has 2 heteroatoms. The number of para-hydroxylation sites is 1. The number of nitrogens with one attached hydrogen (secondary N) is 1. The first-order chi connectivity index (χ1) is 8.24. The summed E-state index contributed by atoms with van der Waals surface area (Å²) >= 11 is 0. The number of rotatable bonds is 4. The molecule has 0 spiro atoms. The molecule has 0 fully saturated rings. The van der Waals surface area contributed by atoms with Crippen LogP contribution in [-0.4, -0.2) is 11.0 Å². The van der Waals surface area contributed by atoms with Gasteiger partial charge in [-0.2, -0.15) is 0 Å². The highest BCUT2D eigenvalue weighted by atomic mass is 15.0. The van der Waals surface area contributed by atoms with Gasteiger partial charge in [-0.15, -0.1) is 0 Å². The van der Waals surface area contributed by atoms with Crippen molar-refractivity contribution in [1.29, 1.82) is 0 Å². The number of hydrogen-bond donors (Lipinski definition) is 1. The van der Waals surface area contributed by atoms with Gasteiger partial charge in [0.2, 0.25) is 0 Å². The maximum absolute atomic E-state index is 4.66. The molecule has 90 valence electrons. The normalized spacial score (nSPS) is 11.1. The highest BCUT2D eigenvalue weighted by Crippen LogP contribution is 2.20. The predicted molar refractivity (Wildman–Crippen MR) is 74.5 cm³/mol. The smallest absolute Gasteiger partial charge is 0.127 e. The van der Waals surface area contributed by atoms with Crippen molar-refractivity contribution in [3.63, 3.8) is 0 Å². The van der Waals surface area contributed by atoms with E-state index >= 15 is 0 Å². The molecule has 2 nitrogen and oxygen atoms in total. The number of anilines is 1. The van der Waals surface area contributed by atoms with Gasteiger partial charge in [-0.3, -0.25) is 0 Å². The van der Waals surface area contributed by atoms with E-state index in [9.17, 15) is 0 Å². The van der Waals surface area contributed by atoms with Crippen molar-refractivity contribution in [1.82, 2.24) is 4.98 Å². The van der Waals surface area contributed by atoms with Crippen molar-refractivity contribution in [2.75, 3.05) is 5.32 Å². The average Bonchev–Trinajstić information content (AvgIpc) is 2.36. The third-order valence-corrected chi connectivity index (χ3v) is 3.26. The molecule has 0 aliphatic carbocycles. The van der Waals surface area contributed by atoms with E-state index in [0.717, 1.165) is 24.2 Å². The van der Waals surface area contributed by atoms with Crippen LogP contribution < -0.4 is 5.32 Å². The molecular weight excluding hydrogens is 208 g/mol. The second-order valence-corrected chi connectivity index (χ2v) is 4.50. The van der Waals surface area contributed by atoms with Crippen LogP contribution in [0.5, 0.6) is 0 Å². The van der Waals surface area contributed by atoms with Crippen molar-refractivity contribution < 1.29 is 0 Å². The van der Waals surface area contributed by atoms with Crippen LogP contribution in [0.1, 0.15) is 32.3 Å². The topological polar surface area (TPSA) is 24.9 Å². The molecule has 17 heavy (non-hydrogen) atoms. The molecule has 2 rings (SSSR count). The van der Waals surface area contributed by atoms with E-state index in [1.807, 2.05) is 6.07 Å². The minimum Gasteiger partial charge on any atom is -0.367 e. The molecule has 1 heterocycles. The molecule has 0 saturated heterocycles. The van der Waals surface area contributed by atoms with Crippen molar-refractivity contribution in [3.8, 4) is 0 Å². The summed E-state index contributed by atoms with van der Waals surface area (Å²) in [5.74, 6) is 0.995. The molecule has 0 atom stereocenters. The predicted octanol–water partition coefficient (Wildman–Crippen LogP) is 4.14. The van der Waals surface area contributed by atoms with Crippen molar-refractivity contribution in [2.45, 2.75) is 39.7 Å². The average molecular weight is 228 g/mol. The Kier molecular flexibility index (Phi) is 3.62. The molecule has 0 aliphatic rings. The molecule has 0 bridgehead atoms. The van der Waals surface area contributed by atoms with Crippen LogP contribution in [0.4, 0.5) is 5.82 Å². The van der Waals surface area contributed by atoms with E-state index in [-0.39, 0.29) is 0 Å². The lowest BCUT2D eigenvalue weighted by Crippen LogP contribution is -2.17. The quantitative estimate of drug-likeness (QED) is 0.850. The van der Waals surface area contributed by atoms with Gasteiger partial charge < -0.3 is 5.32 Å². The lowest BCUT2D eigenvalue weighted by Gasteiger charge is -2.16. The van der Waals surface area contributed by atoms with E-state index in [1.54, 1.807) is 0 Å². The van der Waals surface area contributed by atoms with Gasteiger partial charge in [0.15, 0.2) is 0 Å². The molecule has 0 aliphatic heterocycles. The Labute approximate surface area is 103 Å². The zero-order chi connectivity index (χ0) is 12.3.